The van der Waals surface area contributed by atoms with E-state index >= 15 is 0 Å². The molecular weight excluding hydrogens is 404 g/mol. The van der Waals surface area contributed by atoms with Gasteiger partial charge in [-0.3, -0.25) is 9.78 Å². The summed E-state index contributed by atoms with van der Waals surface area (Å²) in [6.45, 7) is 1.92. The molecule has 21 heavy (non-hydrogen) atoms. The van der Waals surface area contributed by atoms with Crippen LogP contribution in [0.15, 0.2) is 39.4 Å². The van der Waals surface area contributed by atoms with Crippen LogP contribution in [0.4, 0.5) is 5.69 Å². The third-order valence-corrected chi connectivity index (χ3v) is 3.93. The van der Waals surface area contributed by atoms with Gasteiger partial charge in [-0.15, -0.1) is 0 Å². The molecule has 1 aromatic heterocycles. The number of hydrogen-bond acceptors (Lipinski definition) is 3. The summed E-state index contributed by atoms with van der Waals surface area (Å²) in [5.74, 6) is -1.78. The molecule has 0 aliphatic heterocycles. The number of anilines is 1. The second-order valence-electron chi connectivity index (χ2n) is 4.26. The summed E-state index contributed by atoms with van der Waals surface area (Å²) < 4.78 is 1.38. The molecule has 5 nitrogen and oxygen atoms in total. The van der Waals surface area contributed by atoms with Gasteiger partial charge in [-0.05, 0) is 68.6 Å². The SMILES string of the molecule is Cc1cc(Br)c(NC(=O)c2ncccc2C(=O)O)c(Br)c1. The average molecular weight is 414 g/mol. The van der Waals surface area contributed by atoms with Gasteiger partial charge in [0.15, 0.2) is 0 Å². The highest BCUT2D eigenvalue weighted by atomic mass is 79.9. The number of pyridine rings is 1. The van der Waals surface area contributed by atoms with Gasteiger partial charge in [0.2, 0.25) is 0 Å². The first-order valence-corrected chi connectivity index (χ1v) is 7.44. The van der Waals surface area contributed by atoms with Crippen LogP contribution in [0.3, 0.4) is 0 Å². The van der Waals surface area contributed by atoms with Crippen molar-refractivity contribution in [1.82, 2.24) is 4.98 Å². The van der Waals surface area contributed by atoms with Crippen LogP contribution in [0.1, 0.15) is 26.4 Å². The quantitative estimate of drug-likeness (QED) is 0.800. The Balaban J connectivity index is 2.38. The number of carbonyl (C=O) groups is 2. The first-order chi connectivity index (χ1) is 9.90. The Morgan fingerprint density at radius 3 is 2.43 bits per heavy atom. The van der Waals surface area contributed by atoms with Gasteiger partial charge in [-0.1, -0.05) is 0 Å². The van der Waals surface area contributed by atoms with Crippen molar-refractivity contribution in [3.63, 3.8) is 0 Å². The van der Waals surface area contributed by atoms with Crippen molar-refractivity contribution in [3.05, 3.63) is 56.2 Å². The molecule has 1 amide bonds. The molecule has 1 aromatic carbocycles. The Morgan fingerprint density at radius 1 is 1.24 bits per heavy atom. The molecule has 108 valence electrons. The van der Waals surface area contributed by atoms with Crippen molar-refractivity contribution in [2.45, 2.75) is 6.92 Å². The molecule has 7 heteroatoms. The summed E-state index contributed by atoms with van der Waals surface area (Å²) >= 11 is 6.73. The fourth-order valence-corrected chi connectivity index (χ4v) is 3.36. The van der Waals surface area contributed by atoms with Crippen LogP contribution in [0.2, 0.25) is 0 Å². The normalized spacial score (nSPS) is 10.2. The van der Waals surface area contributed by atoms with E-state index in [1.54, 1.807) is 0 Å². The summed E-state index contributed by atoms with van der Waals surface area (Å²) in [6, 6.07) is 6.50. The number of hydrogen-bond donors (Lipinski definition) is 2. The number of halogens is 2. The zero-order chi connectivity index (χ0) is 15.6. The molecule has 0 fully saturated rings. The van der Waals surface area contributed by atoms with E-state index in [0.29, 0.717) is 14.6 Å². The maximum absolute atomic E-state index is 12.3. The van der Waals surface area contributed by atoms with Gasteiger partial charge in [-0.2, -0.15) is 0 Å². The first-order valence-electron chi connectivity index (χ1n) is 5.85. The van der Waals surface area contributed by atoms with Crippen molar-refractivity contribution >= 4 is 49.4 Å². The van der Waals surface area contributed by atoms with Crippen LogP contribution in [-0.2, 0) is 0 Å². The molecule has 2 aromatic rings. The highest BCUT2D eigenvalue weighted by molar-refractivity contribution is 9.11. The topological polar surface area (TPSA) is 79.3 Å². The smallest absolute Gasteiger partial charge is 0.338 e. The predicted octanol–water partition coefficient (Wildman–Crippen LogP) is 3.87. The summed E-state index contributed by atoms with van der Waals surface area (Å²) in [7, 11) is 0. The molecule has 0 saturated carbocycles. The fraction of sp³-hybridized carbons (Fsp3) is 0.0714. The Kier molecular flexibility index (Phi) is 4.74. The lowest BCUT2D eigenvalue weighted by Crippen LogP contribution is -2.18. The van der Waals surface area contributed by atoms with Crippen LogP contribution in [0.5, 0.6) is 0 Å². The molecule has 0 unspecified atom stereocenters. The average Bonchev–Trinajstić information content (AvgIpc) is 2.42. The number of carboxylic acid groups (broad SMARTS) is 1. The van der Waals surface area contributed by atoms with Crippen LogP contribution >= 0.6 is 31.9 Å². The maximum Gasteiger partial charge on any atom is 0.338 e. The van der Waals surface area contributed by atoms with Gasteiger partial charge in [0.25, 0.3) is 5.91 Å². The van der Waals surface area contributed by atoms with E-state index in [2.05, 4.69) is 42.2 Å². The van der Waals surface area contributed by atoms with E-state index in [9.17, 15) is 9.59 Å². The van der Waals surface area contributed by atoms with Crippen molar-refractivity contribution in [2.24, 2.45) is 0 Å². The van der Waals surface area contributed by atoms with E-state index in [1.807, 2.05) is 19.1 Å². The molecule has 0 radical (unpaired) electrons. The largest absolute Gasteiger partial charge is 0.478 e. The number of carboxylic acids is 1. The molecule has 0 aliphatic rings. The van der Waals surface area contributed by atoms with Gasteiger partial charge < -0.3 is 10.4 Å². The monoisotopic (exact) mass is 412 g/mol. The van der Waals surface area contributed by atoms with Crippen molar-refractivity contribution in [3.8, 4) is 0 Å². The highest BCUT2D eigenvalue weighted by Gasteiger charge is 2.19. The Labute approximate surface area is 137 Å². The molecule has 0 spiro atoms. The maximum atomic E-state index is 12.3. The lowest BCUT2D eigenvalue weighted by Gasteiger charge is -2.11. The summed E-state index contributed by atoms with van der Waals surface area (Å²) in [5.41, 5.74) is 1.25. The van der Waals surface area contributed by atoms with E-state index < -0.39 is 11.9 Å². The van der Waals surface area contributed by atoms with Gasteiger partial charge >= 0.3 is 5.97 Å². The van der Waals surface area contributed by atoms with Crippen LogP contribution in [-0.4, -0.2) is 22.0 Å². The molecule has 1 heterocycles. The molecule has 0 atom stereocenters. The number of rotatable bonds is 3. The van der Waals surface area contributed by atoms with Gasteiger partial charge in [-0.25, -0.2) is 4.79 Å². The van der Waals surface area contributed by atoms with Crippen LogP contribution in [0, 0.1) is 6.92 Å². The zero-order valence-corrected chi connectivity index (χ0v) is 14.0. The lowest BCUT2D eigenvalue weighted by atomic mass is 10.1. The number of nitrogens with one attached hydrogen (secondary N) is 1. The number of carbonyl (C=O) groups excluding carboxylic acids is 1. The Hall–Kier alpha value is -1.73. The molecule has 0 aliphatic carbocycles. The van der Waals surface area contributed by atoms with E-state index in [0.717, 1.165) is 5.56 Å². The first kappa shape index (κ1) is 15.7. The zero-order valence-electron chi connectivity index (χ0n) is 10.9. The fourth-order valence-electron chi connectivity index (χ4n) is 1.75. The molecule has 2 N–H and O–H groups in total. The number of benzene rings is 1. The molecular formula is C14H10Br2N2O3. The van der Waals surface area contributed by atoms with E-state index in [-0.39, 0.29) is 11.3 Å². The van der Waals surface area contributed by atoms with Crippen molar-refractivity contribution in [1.29, 1.82) is 0 Å². The number of aromatic carboxylic acids is 1. The number of amides is 1. The minimum absolute atomic E-state index is 0.135. The molecule has 0 saturated heterocycles. The van der Waals surface area contributed by atoms with Gasteiger partial charge in [0.05, 0.1) is 11.3 Å². The van der Waals surface area contributed by atoms with E-state index in [1.165, 1.54) is 18.3 Å². The Morgan fingerprint density at radius 2 is 1.86 bits per heavy atom. The lowest BCUT2D eigenvalue weighted by molar-refractivity contribution is 0.0691. The molecule has 2 rings (SSSR count). The third kappa shape index (κ3) is 3.48. The molecule has 0 bridgehead atoms. The number of nitrogens with zero attached hydrogens (tertiary/aromatic N) is 1. The second-order valence-corrected chi connectivity index (χ2v) is 5.97. The minimum Gasteiger partial charge on any atom is -0.478 e. The van der Waals surface area contributed by atoms with Crippen molar-refractivity contribution in [2.75, 3.05) is 5.32 Å². The second kappa shape index (κ2) is 6.36. The Bertz CT molecular complexity index is 709. The van der Waals surface area contributed by atoms with Gasteiger partial charge in [0.1, 0.15) is 5.69 Å². The van der Waals surface area contributed by atoms with Crippen molar-refractivity contribution < 1.29 is 14.7 Å². The summed E-state index contributed by atoms with van der Waals surface area (Å²) in [4.78, 5) is 27.2. The predicted molar refractivity (Wildman–Crippen MR) is 85.7 cm³/mol. The van der Waals surface area contributed by atoms with Crippen LogP contribution < -0.4 is 5.32 Å². The van der Waals surface area contributed by atoms with Gasteiger partial charge in [0, 0.05) is 15.1 Å². The standard InChI is InChI=1S/C14H10Br2N2O3/c1-7-5-9(15)12(10(16)6-7)18-13(19)11-8(14(20)21)3-2-4-17-11/h2-6H,1H3,(H,18,19)(H,20,21). The number of aryl methyl sites for hydroxylation is 1. The minimum atomic E-state index is -1.20. The summed E-state index contributed by atoms with van der Waals surface area (Å²) in [6.07, 6.45) is 1.38. The van der Waals surface area contributed by atoms with E-state index in [4.69, 9.17) is 5.11 Å². The number of aromatic nitrogens is 1. The summed E-state index contributed by atoms with van der Waals surface area (Å²) in [5, 5.41) is 11.7. The van der Waals surface area contributed by atoms with Crippen LogP contribution in [0.25, 0.3) is 0 Å². The third-order valence-electron chi connectivity index (χ3n) is 2.68. The highest BCUT2D eigenvalue weighted by Crippen LogP contribution is 2.32.